The van der Waals surface area contributed by atoms with Crippen molar-refractivity contribution in [1.29, 1.82) is 0 Å². The number of hydrogen-bond donors (Lipinski definition) is 1. The van der Waals surface area contributed by atoms with Gasteiger partial charge in [0.1, 0.15) is 18.9 Å². The Balaban J connectivity index is 1.42. The first-order chi connectivity index (χ1) is 12.2. The van der Waals surface area contributed by atoms with Crippen LogP contribution in [0.4, 0.5) is 0 Å². The summed E-state index contributed by atoms with van der Waals surface area (Å²) in [6, 6.07) is 17.6. The monoisotopic (exact) mass is 396 g/mol. The Morgan fingerprint density at radius 2 is 2.00 bits per heavy atom. The van der Waals surface area contributed by atoms with E-state index >= 15 is 0 Å². The van der Waals surface area contributed by atoms with Crippen LogP contribution in [0.3, 0.4) is 0 Å². The summed E-state index contributed by atoms with van der Waals surface area (Å²) in [6.07, 6.45) is 1.92. The molecule has 0 aliphatic rings. The lowest BCUT2D eigenvalue weighted by molar-refractivity contribution is -0.121. The standard InChI is InChI=1S/C20H17BrN2O2/c21-17-7-5-8-18(14-17)25-13-4-3-11-22-20(24)15-23-12-10-16-6-1-2-9-19(16)23/h1-2,5-10,12,14H,11,13,15H2,(H,22,24). The lowest BCUT2D eigenvalue weighted by Crippen LogP contribution is -2.27. The van der Waals surface area contributed by atoms with Crippen LogP contribution < -0.4 is 10.1 Å². The Bertz CT molecular complexity index is 937. The molecule has 0 saturated heterocycles. The van der Waals surface area contributed by atoms with E-state index in [-0.39, 0.29) is 19.1 Å². The number of benzene rings is 2. The maximum absolute atomic E-state index is 12.0. The van der Waals surface area contributed by atoms with E-state index in [0.717, 1.165) is 21.1 Å². The van der Waals surface area contributed by atoms with E-state index in [2.05, 4.69) is 33.1 Å². The number of nitrogens with zero attached hydrogens (tertiary/aromatic N) is 1. The number of carbonyl (C=O) groups is 1. The average molecular weight is 397 g/mol. The molecule has 1 heterocycles. The third-order valence-corrected chi connectivity index (χ3v) is 4.09. The van der Waals surface area contributed by atoms with Gasteiger partial charge in [-0.2, -0.15) is 0 Å². The van der Waals surface area contributed by atoms with Crippen molar-refractivity contribution < 1.29 is 9.53 Å². The highest BCUT2D eigenvalue weighted by molar-refractivity contribution is 9.10. The second kappa shape index (κ2) is 8.41. The van der Waals surface area contributed by atoms with Crippen LogP contribution in [0.1, 0.15) is 0 Å². The van der Waals surface area contributed by atoms with E-state index in [1.807, 2.05) is 65.4 Å². The molecule has 0 unspecified atom stereocenters. The molecule has 2 aromatic carbocycles. The Labute approximate surface area is 154 Å². The quantitative estimate of drug-likeness (QED) is 0.669. The molecule has 126 valence electrons. The fourth-order valence-electron chi connectivity index (χ4n) is 2.42. The highest BCUT2D eigenvalue weighted by Gasteiger charge is 2.04. The second-order valence-electron chi connectivity index (χ2n) is 5.38. The van der Waals surface area contributed by atoms with E-state index in [0.29, 0.717) is 6.54 Å². The normalized spacial score (nSPS) is 10.1. The molecule has 0 radical (unpaired) electrons. The molecular formula is C20H17BrN2O2. The first-order valence-corrected chi connectivity index (χ1v) is 8.66. The van der Waals surface area contributed by atoms with Gasteiger partial charge in [0.25, 0.3) is 0 Å². The van der Waals surface area contributed by atoms with E-state index in [9.17, 15) is 4.79 Å². The van der Waals surface area contributed by atoms with Gasteiger partial charge >= 0.3 is 0 Å². The Hall–Kier alpha value is -2.71. The zero-order valence-corrected chi connectivity index (χ0v) is 15.1. The topological polar surface area (TPSA) is 43.3 Å². The number of aromatic nitrogens is 1. The molecule has 0 saturated carbocycles. The van der Waals surface area contributed by atoms with Gasteiger partial charge in [0.05, 0.1) is 6.54 Å². The zero-order chi connectivity index (χ0) is 17.5. The SMILES string of the molecule is O=C(Cn1ccc2ccccc21)NCC#CCOc1cccc(Br)c1. The first kappa shape index (κ1) is 17.1. The minimum atomic E-state index is -0.0661. The molecule has 0 fully saturated rings. The van der Waals surface area contributed by atoms with Gasteiger partial charge in [-0.05, 0) is 35.7 Å². The summed E-state index contributed by atoms with van der Waals surface area (Å²) in [5.74, 6) is 6.47. The smallest absolute Gasteiger partial charge is 0.240 e. The van der Waals surface area contributed by atoms with E-state index < -0.39 is 0 Å². The minimum Gasteiger partial charge on any atom is -0.481 e. The van der Waals surface area contributed by atoms with Crippen LogP contribution in [-0.4, -0.2) is 23.6 Å². The maximum Gasteiger partial charge on any atom is 0.240 e. The highest BCUT2D eigenvalue weighted by atomic mass is 79.9. The third kappa shape index (κ3) is 4.88. The van der Waals surface area contributed by atoms with Gasteiger partial charge in [-0.15, -0.1) is 0 Å². The molecular weight excluding hydrogens is 380 g/mol. The second-order valence-corrected chi connectivity index (χ2v) is 6.29. The van der Waals surface area contributed by atoms with Crippen molar-refractivity contribution in [1.82, 2.24) is 9.88 Å². The summed E-state index contributed by atoms with van der Waals surface area (Å²) in [6.45, 7) is 0.873. The van der Waals surface area contributed by atoms with Crippen LogP contribution in [0.5, 0.6) is 5.75 Å². The van der Waals surface area contributed by atoms with Crippen molar-refractivity contribution in [3.05, 3.63) is 65.3 Å². The van der Waals surface area contributed by atoms with Crippen molar-refractivity contribution in [3.63, 3.8) is 0 Å². The van der Waals surface area contributed by atoms with Crippen LogP contribution in [0.15, 0.2) is 65.3 Å². The van der Waals surface area contributed by atoms with Gasteiger partial charge in [-0.1, -0.05) is 52.0 Å². The molecule has 0 aliphatic heterocycles. The van der Waals surface area contributed by atoms with Crippen molar-refractivity contribution in [3.8, 4) is 17.6 Å². The van der Waals surface area contributed by atoms with Crippen LogP contribution >= 0.6 is 15.9 Å². The number of hydrogen-bond acceptors (Lipinski definition) is 2. The average Bonchev–Trinajstić information content (AvgIpc) is 3.01. The molecule has 1 aromatic heterocycles. The van der Waals surface area contributed by atoms with Crippen molar-refractivity contribution in [2.24, 2.45) is 0 Å². The highest BCUT2D eigenvalue weighted by Crippen LogP contribution is 2.17. The molecule has 3 aromatic rings. The number of rotatable bonds is 5. The summed E-state index contributed by atoms with van der Waals surface area (Å²) in [5, 5.41) is 3.92. The van der Waals surface area contributed by atoms with E-state index in [4.69, 9.17) is 4.74 Å². The number of ether oxygens (including phenoxy) is 1. The van der Waals surface area contributed by atoms with Crippen LogP contribution in [0.2, 0.25) is 0 Å². The zero-order valence-electron chi connectivity index (χ0n) is 13.5. The lowest BCUT2D eigenvalue weighted by atomic mass is 10.2. The fourth-order valence-corrected chi connectivity index (χ4v) is 2.80. The Morgan fingerprint density at radius 1 is 1.12 bits per heavy atom. The fraction of sp³-hybridized carbons (Fsp3) is 0.150. The maximum atomic E-state index is 12.0. The van der Waals surface area contributed by atoms with Gasteiger partial charge in [0, 0.05) is 16.2 Å². The van der Waals surface area contributed by atoms with Crippen molar-refractivity contribution >= 4 is 32.7 Å². The first-order valence-electron chi connectivity index (χ1n) is 7.87. The number of halogens is 1. The Morgan fingerprint density at radius 3 is 2.88 bits per heavy atom. The van der Waals surface area contributed by atoms with Gasteiger partial charge in [0.15, 0.2) is 0 Å². The summed E-state index contributed by atoms with van der Waals surface area (Å²) in [7, 11) is 0. The van der Waals surface area contributed by atoms with Gasteiger partial charge in [-0.3, -0.25) is 4.79 Å². The third-order valence-electron chi connectivity index (χ3n) is 3.60. The molecule has 4 nitrogen and oxygen atoms in total. The summed E-state index contributed by atoms with van der Waals surface area (Å²) in [5.41, 5.74) is 1.05. The predicted octanol–water partition coefficient (Wildman–Crippen LogP) is 3.60. The molecule has 5 heteroatoms. The molecule has 25 heavy (non-hydrogen) atoms. The number of fused-ring (bicyclic) bond motifs is 1. The van der Waals surface area contributed by atoms with Gasteiger partial charge in [-0.25, -0.2) is 0 Å². The number of carbonyl (C=O) groups excluding carboxylic acids is 1. The van der Waals surface area contributed by atoms with E-state index in [1.165, 1.54) is 0 Å². The summed E-state index contributed by atoms with van der Waals surface area (Å²) in [4.78, 5) is 12.0. The molecule has 1 amide bonds. The van der Waals surface area contributed by atoms with Crippen LogP contribution in [0.25, 0.3) is 10.9 Å². The van der Waals surface area contributed by atoms with E-state index in [1.54, 1.807) is 0 Å². The molecule has 0 spiro atoms. The summed E-state index contributed by atoms with van der Waals surface area (Å²) >= 11 is 3.39. The van der Waals surface area contributed by atoms with Crippen LogP contribution in [0, 0.1) is 11.8 Å². The number of amides is 1. The number of nitrogens with one attached hydrogen (secondary N) is 1. The largest absolute Gasteiger partial charge is 0.481 e. The van der Waals surface area contributed by atoms with Crippen LogP contribution in [-0.2, 0) is 11.3 Å². The predicted molar refractivity (Wildman–Crippen MR) is 102 cm³/mol. The van der Waals surface area contributed by atoms with Gasteiger partial charge in [0.2, 0.25) is 5.91 Å². The lowest BCUT2D eigenvalue weighted by Gasteiger charge is -2.05. The van der Waals surface area contributed by atoms with Crippen molar-refractivity contribution in [2.75, 3.05) is 13.2 Å². The molecule has 0 atom stereocenters. The van der Waals surface area contributed by atoms with Gasteiger partial charge < -0.3 is 14.6 Å². The molecule has 0 aliphatic carbocycles. The summed E-state index contributed by atoms with van der Waals surface area (Å²) < 4.78 is 8.39. The molecule has 1 N–H and O–H groups in total. The molecule has 0 bridgehead atoms. The minimum absolute atomic E-state index is 0.0661. The molecule has 3 rings (SSSR count). The number of para-hydroxylation sites is 1. The Kier molecular flexibility index (Phi) is 5.76. The van der Waals surface area contributed by atoms with Crippen molar-refractivity contribution in [2.45, 2.75) is 6.54 Å².